The smallest absolute Gasteiger partial charge is 0.255 e. The van der Waals surface area contributed by atoms with E-state index in [1.807, 2.05) is 67.6 Å². The van der Waals surface area contributed by atoms with Crippen LogP contribution in [0.2, 0.25) is 0 Å². The van der Waals surface area contributed by atoms with Crippen LogP contribution in [0.4, 0.5) is 16.0 Å². The number of anilines is 2. The topological polar surface area (TPSA) is 81.1 Å². The molecular formula is C30H30FN5O2S. The normalized spacial score (nSPS) is 14.5. The number of amides is 1. The minimum absolute atomic E-state index is 0.241. The zero-order valence-electron chi connectivity index (χ0n) is 21.9. The van der Waals surface area contributed by atoms with Crippen LogP contribution in [-0.2, 0) is 10.5 Å². The molecule has 2 N–H and O–H groups in total. The Bertz CT molecular complexity index is 1490. The summed E-state index contributed by atoms with van der Waals surface area (Å²) in [6.07, 6.45) is 1.99. The summed E-state index contributed by atoms with van der Waals surface area (Å²) in [6, 6.07) is 23.2. The summed E-state index contributed by atoms with van der Waals surface area (Å²) >= 11 is 1.34. The molecule has 0 fully saturated rings. The molecule has 0 bridgehead atoms. The fourth-order valence-electron chi connectivity index (χ4n) is 4.38. The molecule has 3 aromatic carbocycles. The zero-order chi connectivity index (χ0) is 27.2. The van der Waals surface area contributed by atoms with Gasteiger partial charge in [0.2, 0.25) is 11.1 Å². The summed E-state index contributed by atoms with van der Waals surface area (Å²) < 4.78 is 21.9. The van der Waals surface area contributed by atoms with E-state index in [0.717, 1.165) is 24.2 Å². The van der Waals surface area contributed by atoms with E-state index in [1.54, 1.807) is 16.8 Å². The highest BCUT2D eigenvalue weighted by Gasteiger charge is 2.34. The molecule has 1 aliphatic rings. The molecule has 1 aromatic heterocycles. The fraction of sp³-hybridized carbons (Fsp3) is 0.233. The van der Waals surface area contributed by atoms with Crippen molar-refractivity contribution in [2.24, 2.45) is 0 Å². The molecular weight excluding hydrogens is 513 g/mol. The minimum atomic E-state index is -0.546. The number of nitrogens with one attached hydrogen (secondary N) is 2. The molecule has 39 heavy (non-hydrogen) atoms. The molecule has 0 spiro atoms. The average molecular weight is 544 g/mol. The lowest BCUT2D eigenvalue weighted by Crippen LogP contribution is -2.31. The molecule has 0 saturated heterocycles. The third kappa shape index (κ3) is 6.15. The first-order chi connectivity index (χ1) is 19.0. The maximum absolute atomic E-state index is 14.2. The van der Waals surface area contributed by atoms with Crippen molar-refractivity contribution >= 4 is 29.3 Å². The number of hydrogen-bond acceptors (Lipinski definition) is 6. The van der Waals surface area contributed by atoms with Crippen molar-refractivity contribution in [2.75, 3.05) is 17.2 Å². The van der Waals surface area contributed by atoms with E-state index >= 15 is 0 Å². The van der Waals surface area contributed by atoms with Gasteiger partial charge >= 0.3 is 0 Å². The first kappa shape index (κ1) is 26.5. The molecule has 4 aromatic rings. The number of fused-ring (bicyclic) bond motifs is 1. The van der Waals surface area contributed by atoms with Gasteiger partial charge in [-0.05, 0) is 54.8 Å². The lowest BCUT2D eigenvalue weighted by atomic mass is 9.95. The van der Waals surface area contributed by atoms with Crippen molar-refractivity contribution in [2.45, 2.75) is 43.6 Å². The van der Waals surface area contributed by atoms with Crippen LogP contribution >= 0.6 is 11.8 Å². The first-order valence-electron chi connectivity index (χ1n) is 12.9. The van der Waals surface area contributed by atoms with E-state index in [0.29, 0.717) is 46.0 Å². The number of rotatable bonds is 10. The van der Waals surface area contributed by atoms with E-state index in [4.69, 9.17) is 9.84 Å². The lowest BCUT2D eigenvalue weighted by molar-refractivity contribution is -0.113. The second-order valence-corrected chi connectivity index (χ2v) is 10.1. The predicted octanol–water partition coefficient (Wildman–Crippen LogP) is 6.82. The maximum Gasteiger partial charge on any atom is 0.255 e. The number of allylic oxidation sites excluding steroid dienone is 1. The van der Waals surface area contributed by atoms with Crippen LogP contribution in [0.1, 0.15) is 43.9 Å². The number of thioether (sulfide) groups is 1. The fourth-order valence-corrected chi connectivity index (χ4v) is 5.20. The number of hydrogen-bond donors (Lipinski definition) is 2. The number of ether oxygens (including phenoxy) is 1. The molecule has 1 amide bonds. The Hall–Kier alpha value is -4.11. The van der Waals surface area contributed by atoms with Gasteiger partial charge in [-0.2, -0.15) is 4.98 Å². The second-order valence-electron chi connectivity index (χ2n) is 9.20. The molecule has 2 heterocycles. The van der Waals surface area contributed by atoms with Crippen LogP contribution in [-0.4, -0.2) is 27.3 Å². The predicted molar refractivity (Wildman–Crippen MR) is 152 cm³/mol. The van der Waals surface area contributed by atoms with Gasteiger partial charge in [0.15, 0.2) is 0 Å². The van der Waals surface area contributed by atoms with Crippen molar-refractivity contribution in [3.05, 3.63) is 107 Å². The third-order valence-corrected chi connectivity index (χ3v) is 7.25. The largest absolute Gasteiger partial charge is 0.494 e. The molecule has 0 saturated carbocycles. The Kier molecular flexibility index (Phi) is 8.27. The number of halogens is 1. The van der Waals surface area contributed by atoms with Gasteiger partial charge in [0.05, 0.1) is 12.2 Å². The quantitative estimate of drug-likeness (QED) is 0.169. The van der Waals surface area contributed by atoms with Crippen molar-refractivity contribution < 1.29 is 13.9 Å². The van der Waals surface area contributed by atoms with E-state index in [-0.39, 0.29) is 11.7 Å². The van der Waals surface area contributed by atoms with Crippen LogP contribution in [0.3, 0.4) is 0 Å². The second kappa shape index (κ2) is 12.2. The number of para-hydroxylation sites is 1. The average Bonchev–Trinajstić information content (AvgIpc) is 3.35. The highest BCUT2D eigenvalue weighted by molar-refractivity contribution is 7.98. The van der Waals surface area contributed by atoms with Crippen LogP contribution in [0.5, 0.6) is 5.75 Å². The van der Waals surface area contributed by atoms with Gasteiger partial charge in [0.25, 0.3) is 5.91 Å². The van der Waals surface area contributed by atoms with E-state index in [9.17, 15) is 9.18 Å². The number of carbonyl (C=O) groups excluding carboxylic acids is 1. The minimum Gasteiger partial charge on any atom is -0.494 e. The van der Waals surface area contributed by atoms with E-state index in [1.165, 1.54) is 17.8 Å². The van der Waals surface area contributed by atoms with Crippen molar-refractivity contribution in [1.29, 1.82) is 0 Å². The Morgan fingerprint density at radius 1 is 1.10 bits per heavy atom. The third-order valence-electron chi connectivity index (χ3n) is 6.36. The van der Waals surface area contributed by atoms with Gasteiger partial charge in [-0.3, -0.25) is 4.79 Å². The monoisotopic (exact) mass is 543 g/mol. The van der Waals surface area contributed by atoms with Gasteiger partial charge in [-0.1, -0.05) is 73.6 Å². The molecule has 7 nitrogen and oxygen atoms in total. The van der Waals surface area contributed by atoms with Crippen molar-refractivity contribution in [3.8, 4) is 5.75 Å². The molecule has 1 unspecified atom stereocenters. The summed E-state index contributed by atoms with van der Waals surface area (Å²) in [5.74, 6) is 1.13. The van der Waals surface area contributed by atoms with Crippen LogP contribution < -0.4 is 15.4 Å². The number of carbonyl (C=O) groups is 1. The highest BCUT2D eigenvalue weighted by atomic mass is 32.2. The number of unbranched alkanes of at least 4 members (excludes halogenated alkanes) is 1. The van der Waals surface area contributed by atoms with Crippen molar-refractivity contribution in [1.82, 2.24) is 14.8 Å². The molecule has 5 rings (SSSR count). The molecule has 1 aliphatic heterocycles. The summed E-state index contributed by atoms with van der Waals surface area (Å²) in [4.78, 5) is 18.3. The Labute approximate surface area is 231 Å². The van der Waals surface area contributed by atoms with E-state index in [2.05, 4.69) is 22.5 Å². The zero-order valence-corrected chi connectivity index (χ0v) is 22.7. The Morgan fingerprint density at radius 2 is 1.90 bits per heavy atom. The van der Waals surface area contributed by atoms with Gasteiger partial charge in [0, 0.05) is 17.1 Å². The lowest BCUT2D eigenvalue weighted by Gasteiger charge is -2.29. The van der Waals surface area contributed by atoms with Gasteiger partial charge in [0.1, 0.15) is 17.6 Å². The van der Waals surface area contributed by atoms with Crippen LogP contribution in [0.15, 0.2) is 95.3 Å². The van der Waals surface area contributed by atoms with Crippen molar-refractivity contribution in [3.63, 3.8) is 0 Å². The number of benzene rings is 3. The maximum atomic E-state index is 14.2. The Morgan fingerprint density at radius 3 is 2.69 bits per heavy atom. The molecule has 0 aliphatic carbocycles. The SMILES string of the molecule is CCCCOc1cccc(C2C(C(=O)Nc3ccccc3)=C(C)Nc3nc(SCc4ccccc4F)nn32)c1. The van der Waals surface area contributed by atoms with E-state index < -0.39 is 6.04 Å². The summed E-state index contributed by atoms with van der Waals surface area (Å²) in [7, 11) is 0. The Balaban J connectivity index is 1.49. The summed E-state index contributed by atoms with van der Waals surface area (Å²) in [6.45, 7) is 4.60. The molecule has 9 heteroatoms. The standard InChI is InChI=1S/C30H30FN5O2S/c1-3-4-17-38-24-15-10-12-21(18-24)27-26(28(37)33-23-13-6-5-7-14-23)20(2)32-29-34-30(35-36(27)29)39-19-22-11-8-9-16-25(22)31/h5-16,18,27H,3-4,17,19H2,1-2H3,(H,33,37)(H,32,34,35). The molecule has 1 atom stereocenters. The first-order valence-corrected chi connectivity index (χ1v) is 13.9. The molecule has 0 radical (unpaired) electrons. The number of nitrogens with zero attached hydrogens (tertiary/aromatic N) is 3. The van der Waals surface area contributed by atoms with Crippen LogP contribution in [0.25, 0.3) is 0 Å². The molecule has 200 valence electrons. The summed E-state index contributed by atoms with van der Waals surface area (Å²) in [5, 5.41) is 11.5. The van der Waals surface area contributed by atoms with Gasteiger partial charge < -0.3 is 15.4 Å². The van der Waals surface area contributed by atoms with Crippen LogP contribution in [0, 0.1) is 5.82 Å². The van der Waals surface area contributed by atoms with Gasteiger partial charge in [-0.15, -0.1) is 5.10 Å². The summed E-state index contributed by atoms with van der Waals surface area (Å²) in [5.41, 5.74) is 3.32. The highest BCUT2D eigenvalue weighted by Crippen LogP contribution is 2.38. The van der Waals surface area contributed by atoms with Gasteiger partial charge in [-0.25, -0.2) is 9.07 Å². The number of aromatic nitrogens is 3.